The minimum absolute atomic E-state index is 0.0438. The van der Waals surface area contributed by atoms with Crippen LogP contribution in [0.15, 0.2) is 94.9 Å². The Balaban J connectivity index is 1.23. The van der Waals surface area contributed by atoms with Crippen molar-refractivity contribution in [1.29, 1.82) is 5.26 Å². The molecule has 1 fully saturated rings. The number of benzene rings is 1. The van der Waals surface area contributed by atoms with E-state index in [1.54, 1.807) is 12.3 Å². The van der Waals surface area contributed by atoms with Gasteiger partial charge in [0.2, 0.25) is 5.84 Å². The van der Waals surface area contributed by atoms with E-state index in [2.05, 4.69) is 61.2 Å². The molecule has 1 aliphatic heterocycles. The van der Waals surface area contributed by atoms with E-state index in [4.69, 9.17) is 21.0 Å². The fourth-order valence-electron chi connectivity index (χ4n) is 5.50. The first-order chi connectivity index (χ1) is 22.4. The van der Waals surface area contributed by atoms with Crippen LogP contribution in [0.2, 0.25) is 0 Å². The van der Waals surface area contributed by atoms with Crippen molar-refractivity contribution >= 4 is 29.5 Å². The topological polar surface area (TPSA) is 146 Å². The number of aliphatic imine (C=N–C) groups is 2. The molecule has 1 aromatic carbocycles. The summed E-state index contributed by atoms with van der Waals surface area (Å²) in [5.41, 5.74) is 11.5. The third kappa shape index (κ3) is 6.50. The van der Waals surface area contributed by atoms with Gasteiger partial charge in [-0.25, -0.2) is 29.3 Å². The fraction of sp³-hybridized carbons (Fsp3) is 0.206. The Bertz CT molecular complexity index is 1960. The summed E-state index contributed by atoms with van der Waals surface area (Å²) >= 11 is 0. The van der Waals surface area contributed by atoms with Gasteiger partial charge in [0.1, 0.15) is 29.0 Å². The lowest BCUT2D eigenvalue weighted by atomic mass is 10.0. The van der Waals surface area contributed by atoms with Crippen LogP contribution < -0.4 is 11.1 Å². The van der Waals surface area contributed by atoms with E-state index in [-0.39, 0.29) is 11.9 Å². The number of hydrogen-bond acceptors (Lipinski definition) is 9. The second-order valence-electron chi connectivity index (χ2n) is 10.8. The largest absolute Gasteiger partial charge is 0.383 e. The molecular weight excluding hydrogens is 581 g/mol. The molecule has 0 radical (unpaired) electrons. The Labute approximate surface area is 265 Å². The quantitative estimate of drug-likeness (QED) is 0.177. The highest BCUT2D eigenvalue weighted by Crippen LogP contribution is 2.31. The highest BCUT2D eigenvalue weighted by atomic mass is 19.1. The standard InChI is InChI=1S/C34H32FN11/c1-3-30(44-31(19-36)38-2)41-24-14-17-45(18-15-24)21-22-6-9-25(10-7-22)46-33(26-5-4-16-39-32(26)37)43-29-13-12-28(42-34(29)46)27-11-8-23(35)20-40-27/h3-13,16,20,24,41H,2,14-15,17-18,21H2,1H3,(H2,37,39)/b30-3-,44-31-. The van der Waals surface area contributed by atoms with Gasteiger partial charge in [-0.1, -0.05) is 12.1 Å². The Morgan fingerprint density at radius 2 is 1.87 bits per heavy atom. The van der Waals surface area contributed by atoms with Crippen molar-refractivity contribution < 1.29 is 4.39 Å². The highest BCUT2D eigenvalue weighted by Gasteiger charge is 2.21. The number of hydrogen-bond donors (Lipinski definition) is 2. The van der Waals surface area contributed by atoms with E-state index < -0.39 is 5.82 Å². The van der Waals surface area contributed by atoms with Crippen molar-refractivity contribution in [1.82, 2.24) is 34.7 Å². The van der Waals surface area contributed by atoms with Gasteiger partial charge >= 0.3 is 0 Å². The van der Waals surface area contributed by atoms with Crippen LogP contribution in [0.1, 0.15) is 25.3 Å². The third-order valence-electron chi connectivity index (χ3n) is 7.86. The van der Waals surface area contributed by atoms with Gasteiger partial charge in [-0.2, -0.15) is 5.26 Å². The first-order valence-corrected chi connectivity index (χ1v) is 14.9. The molecule has 4 aromatic heterocycles. The molecule has 46 heavy (non-hydrogen) atoms. The number of imidazole rings is 1. The lowest BCUT2D eigenvalue weighted by Gasteiger charge is -2.32. The molecule has 11 nitrogen and oxygen atoms in total. The van der Waals surface area contributed by atoms with Crippen molar-refractivity contribution in [2.75, 3.05) is 18.8 Å². The third-order valence-corrected chi connectivity index (χ3v) is 7.86. The Morgan fingerprint density at radius 3 is 2.54 bits per heavy atom. The van der Waals surface area contributed by atoms with Crippen LogP contribution in [0.4, 0.5) is 10.2 Å². The van der Waals surface area contributed by atoms with Crippen LogP contribution in [-0.2, 0) is 6.54 Å². The number of halogens is 1. The van der Waals surface area contributed by atoms with Crippen molar-refractivity contribution in [3.63, 3.8) is 0 Å². The maximum atomic E-state index is 13.5. The summed E-state index contributed by atoms with van der Waals surface area (Å²) in [7, 11) is 0. The number of nitrogen functional groups attached to an aromatic ring is 1. The number of nitrogens with two attached hydrogens (primary N) is 1. The molecule has 12 heteroatoms. The van der Waals surface area contributed by atoms with Gasteiger partial charge in [-0.05, 0) is 86.7 Å². The van der Waals surface area contributed by atoms with Gasteiger partial charge in [0.25, 0.3) is 0 Å². The number of piperidine rings is 1. The second-order valence-corrected chi connectivity index (χ2v) is 10.8. The number of fused-ring (bicyclic) bond motifs is 1. The zero-order chi connectivity index (χ0) is 32.0. The summed E-state index contributed by atoms with van der Waals surface area (Å²) in [6.45, 7) is 7.93. The monoisotopic (exact) mass is 613 g/mol. The molecule has 0 unspecified atom stereocenters. The summed E-state index contributed by atoms with van der Waals surface area (Å²) in [4.78, 5) is 28.6. The first kappa shape index (κ1) is 30.2. The molecule has 1 saturated heterocycles. The number of nitrogens with zero attached hydrogens (tertiary/aromatic N) is 9. The van der Waals surface area contributed by atoms with Crippen molar-refractivity contribution in [2.24, 2.45) is 9.98 Å². The van der Waals surface area contributed by atoms with Crippen LogP contribution in [-0.4, -0.2) is 61.1 Å². The van der Waals surface area contributed by atoms with E-state index in [1.807, 2.05) is 47.9 Å². The lowest BCUT2D eigenvalue weighted by Crippen LogP contribution is -2.41. The van der Waals surface area contributed by atoms with Gasteiger partial charge < -0.3 is 11.1 Å². The highest BCUT2D eigenvalue weighted by molar-refractivity contribution is 5.99. The molecule has 3 N–H and O–H groups in total. The van der Waals surface area contributed by atoms with E-state index in [1.165, 1.54) is 17.8 Å². The molecule has 0 saturated carbocycles. The van der Waals surface area contributed by atoms with E-state index >= 15 is 0 Å². The van der Waals surface area contributed by atoms with Crippen LogP contribution in [0, 0.1) is 17.1 Å². The Hall–Kier alpha value is -5.80. The molecule has 5 aromatic rings. The average molecular weight is 614 g/mol. The van der Waals surface area contributed by atoms with Gasteiger partial charge in [0.05, 0.1) is 23.1 Å². The molecule has 0 spiro atoms. The maximum Gasteiger partial charge on any atom is 0.233 e. The van der Waals surface area contributed by atoms with Gasteiger partial charge in [0.15, 0.2) is 11.5 Å². The first-order valence-electron chi connectivity index (χ1n) is 14.9. The predicted octanol–water partition coefficient (Wildman–Crippen LogP) is 5.30. The number of nitrogens with one attached hydrogen (secondary N) is 1. The number of allylic oxidation sites excluding steroid dienone is 1. The zero-order valence-corrected chi connectivity index (χ0v) is 25.3. The fourth-order valence-corrected chi connectivity index (χ4v) is 5.50. The molecule has 0 aliphatic carbocycles. The van der Waals surface area contributed by atoms with Crippen LogP contribution in [0.5, 0.6) is 0 Å². The molecule has 0 bridgehead atoms. The Morgan fingerprint density at radius 1 is 1.09 bits per heavy atom. The molecule has 1 aliphatic rings. The van der Waals surface area contributed by atoms with Crippen LogP contribution in [0.3, 0.4) is 0 Å². The van der Waals surface area contributed by atoms with Crippen LogP contribution in [0.25, 0.3) is 39.6 Å². The minimum atomic E-state index is -0.407. The van der Waals surface area contributed by atoms with Crippen molar-refractivity contribution in [3.05, 3.63) is 96.3 Å². The van der Waals surface area contributed by atoms with Crippen molar-refractivity contribution in [3.8, 4) is 34.5 Å². The van der Waals surface area contributed by atoms with Crippen molar-refractivity contribution in [2.45, 2.75) is 32.4 Å². The maximum absolute atomic E-state index is 13.5. The summed E-state index contributed by atoms with van der Waals surface area (Å²) in [6, 6.07) is 20.9. The summed E-state index contributed by atoms with van der Waals surface area (Å²) < 4.78 is 15.5. The van der Waals surface area contributed by atoms with Crippen LogP contribution >= 0.6 is 0 Å². The van der Waals surface area contributed by atoms with E-state index in [9.17, 15) is 4.39 Å². The van der Waals surface area contributed by atoms with Gasteiger partial charge in [0, 0.05) is 37.6 Å². The smallest absolute Gasteiger partial charge is 0.233 e. The summed E-state index contributed by atoms with van der Waals surface area (Å²) in [6.07, 6.45) is 6.56. The number of nitriles is 1. The molecule has 0 amide bonds. The van der Waals surface area contributed by atoms with Gasteiger partial charge in [-0.3, -0.25) is 14.5 Å². The molecular formula is C34H32FN11. The second kappa shape index (κ2) is 13.5. The van der Waals surface area contributed by atoms with Gasteiger partial charge in [-0.15, -0.1) is 0 Å². The summed E-state index contributed by atoms with van der Waals surface area (Å²) in [5, 5.41) is 12.5. The number of likely N-dealkylation sites (tertiary alicyclic amines) is 1. The van der Waals surface area contributed by atoms with E-state index in [0.717, 1.165) is 38.2 Å². The number of amidine groups is 1. The normalized spacial score (nSPS) is 14.7. The number of pyridine rings is 3. The number of anilines is 1. The Kier molecular flexibility index (Phi) is 8.84. The predicted molar refractivity (Wildman–Crippen MR) is 177 cm³/mol. The number of aromatic nitrogens is 5. The minimum Gasteiger partial charge on any atom is -0.383 e. The molecule has 5 heterocycles. The average Bonchev–Trinajstić information content (AvgIpc) is 3.47. The SMILES string of the molecule is C=N/C(C#N)=N\C(=C/C)NC1CCN(Cc2ccc(-n3c(-c4cccnc4N)nc4ccc(-c5ccc(F)cn5)nc43)cc2)CC1. The number of rotatable bonds is 8. The molecule has 6 rings (SSSR count). The summed E-state index contributed by atoms with van der Waals surface area (Å²) in [5.74, 6) is 1.26. The molecule has 230 valence electrons. The zero-order valence-electron chi connectivity index (χ0n) is 25.3. The lowest BCUT2D eigenvalue weighted by molar-refractivity contribution is 0.195. The van der Waals surface area contributed by atoms with E-state index in [0.29, 0.717) is 45.6 Å². The molecule has 0 atom stereocenters.